The Balaban J connectivity index is 1.68. The number of nitrogens with one attached hydrogen (secondary N) is 2. The second-order valence-corrected chi connectivity index (χ2v) is 6.88. The van der Waals surface area contributed by atoms with Gasteiger partial charge in [-0.1, -0.05) is 30.3 Å². The van der Waals surface area contributed by atoms with Crippen LogP contribution in [0.1, 0.15) is 11.3 Å². The van der Waals surface area contributed by atoms with Gasteiger partial charge in [0.25, 0.3) is 5.91 Å². The zero-order valence-electron chi connectivity index (χ0n) is 14.8. The number of carbonyl (C=O) groups is 3. The van der Waals surface area contributed by atoms with Crippen LogP contribution < -0.4 is 10.6 Å². The highest BCUT2D eigenvalue weighted by Gasteiger charge is 2.34. The molecule has 1 aliphatic rings. The van der Waals surface area contributed by atoms with Crippen LogP contribution in [0.3, 0.4) is 0 Å². The molecule has 1 aliphatic heterocycles. The van der Waals surface area contributed by atoms with Gasteiger partial charge in [0.15, 0.2) is 5.13 Å². The van der Waals surface area contributed by atoms with E-state index in [0.29, 0.717) is 17.4 Å². The molecule has 0 spiro atoms. The van der Waals surface area contributed by atoms with E-state index < -0.39 is 6.04 Å². The Bertz CT molecular complexity index is 824. The first-order valence-electron chi connectivity index (χ1n) is 8.44. The number of aromatic nitrogens is 1. The van der Waals surface area contributed by atoms with Gasteiger partial charge in [-0.3, -0.25) is 14.4 Å². The van der Waals surface area contributed by atoms with Crippen molar-refractivity contribution >= 4 is 34.2 Å². The molecule has 0 unspecified atom stereocenters. The van der Waals surface area contributed by atoms with Gasteiger partial charge in [0.1, 0.15) is 12.6 Å². The van der Waals surface area contributed by atoms with E-state index in [0.717, 1.165) is 5.56 Å². The van der Waals surface area contributed by atoms with Crippen LogP contribution in [0, 0.1) is 0 Å². The normalized spacial score (nSPS) is 16.9. The monoisotopic (exact) mass is 388 g/mol. The van der Waals surface area contributed by atoms with E-state index in [-0.39, 0.29) is 37.4 Å². The lowest BCUT2D eigenvalue weighted by Gasteiger charge is -2.34. The van der Waals surface area contributed by atoms with Crippen LogP contribution in [0.5, 0.6) is 0 Å². The molecule has 0 radical (unpaired) electrons. The first-order chi connectivity index (χ1) is 13.1. The van der Waals surface area contributed by atoms with E-state index in [1.165, 1.54) is 16.2 Å². The maximum atomic E-state index is 12.7. The number of carbonyl (C=O) groups excluding carboxylic acids is 3. The highest BCUT2D eigenvalue weighted by atomic mass is 32.1. The lowest BCUT2D eigenvalue weighted by molar-refractivity contribution is -0.154. The summed E-state index contributed by atoms with van der Waals surface area (Å²) in [6.07, 6.45) is 0.147. The Morgan fingerprint density at radius 3 is 2.85 bits per heavy atom. The second-order valence-electron chi connectivity index (χ2n) is 6.02. The molecule has 1 fully saturated rings. The first kappa shape index (κ1) is 19.0. The highest BCUT2D eigenvalue weighted by molar-refractivity contribution is 7.13. The van der Waals surface area contributed by atoms with Crippen LogP contribution in [0.4, 0.5) is 5.13 Å². The molecule has 2 heterocycles. The van der Waals surface area contributed by atoms with Crippen LogP contribution in [-0.4, -0.2) is 53.9 Å². The van der Waals surface area contributed by atoms with Gasteiger partial charge in [0.05, 0.1) is 18.7 Å². The summed E-state index contributed by atoms with van der Waals surface area (Å²) in [5.41, 5.74) is 1.51. The number of anilines is 1. The average Bonchev–Trinajstić information content (AvgIpc) is 3.10. The van der Waals surface area contributed by atoms with Gasteiger partial charge in [0.2, 0.25) is 11.8 Å². The quantitative estimate of drug-likeness (QED) is 0.762. The molecule has 2 aromatic rings. The zero-order valence-corrected chi connectivity index (χ0v) is 15.6. The molecule has 142 valence electrons. The number of ether oxygens (including phenoxy) is 1. The molecule has 2 N–H and O–H groups in total. The lowest BCUT2D eigenvalue weighted by Crippen LogP contribution is -2.54. The molecule has 1 atom stereocenters. The molecule has 1 aromatic carbocycles. The van der Waals surface area contributed by atoms with Crippen molar-refractivity contribution in [3.63, 3.8) is 0 Å². The van der Waals surface area contributed by atoms with Crippen molar-refractivity contribution in [3.05, 3.63) is 47.0 Å². The van der Waals surface area contributed by atoms with Gasteiger partial charge >= 0.3 is 0 Å². The van der Waals surface area contributed by atoms with E-state index in [1.54, 1.807) is 12.4 Å². The van der Waals surface area contributed by atoms with Gasteiger partial charge in [0, 0.05) is 19.0 Å². The standard InChI is InChI=1S/C18H20N4O4S/c1-19-15(23)7-13-11-27-18(20-13)21-17(25)14-9-26-10-16(24)22(14)8-12-5-3-2-4-6-12/h2-6,11,14H,7-10H2,1H3,(H,19,23)(H,20,21,25)/t14-/m0/s1. The third kappa shape index (κ3) is 4.89. The first-order valence-corrected chi connectivity index (χ1v) is 9.31. The molecule has 9 heteroatoms. The van der Waals surface area contributed by atoms with Crippen LogP contribution in [0.15, 0.2) is 35.7 Å². The minimum atomic E-state index is -0.738. The topological polar surface area (TPSA) is 101 Å². The second kappa shape index (κ2) is 8.74. The molecule has 3 amide bonds. The Morgan fingerprint density at radius 2 is 2.11 bits per heavy atom. The van der Waals surface area contributed by atoms with Crippen molar-refractivity contribution in [2.24, 2.45) is 0 Å². The molecule has 8 nitrogen and oxygen atoms in total. The number of thiazole rings is 1. The van der Waals surface area contributed by atoms with E-state index in [4.69, 9.17) is 4.74 Å². The van der Waals surface area contributed by atoms with Crippen molar-refractivity contribution in [1.29, 1.82) is 0 Å². The number of rotatable bonds is 6. The third-order valence-electron chi connectivity index (χ3n) is 4.10. The molecule has 0 aliphatic carbocycles. The fourth-order valence-corrected chi connectivity index (χ4v) is 3.40. The van der Waals surface area contributed by atoms with Crippen LogP contribution in [0.2, 0.25) is 0 Å². The summed E-state index contributed by atoms with van der Waals surface area (Å²) in [4.78, 5) is 42.2. The largest absolute Gasteiger partial charge is 0.369 e. The molecule has 27 heavy (non-hydrogen) atoms. The van der Waals surface area contributed by atoms with E-state index in [2.05, 4.69) is 15.6 Å². The number of hydrogen-bond acceptors (Lipinski definition) is 6. The van der Waals surface area contributed by atoms with Crippen molar-refractivity contribution < 1.29 is 19.1 Å². The number of nitrogens with zero attached hydrogens (tertiary/aromatic N) is 2. The molecule has 0 bridgehead atoms. The summed E-state index contributed by atoms with van der Waals surface area (Å²) in [7, 11) is 1.55. The number of amides is 3. The molecule has 3 rings (SSSR count). The molecule has 1 saturated heterocycles. The molecular formula is C18H20N4O4S. The minimum Gasteiger partial charge on any atom is -0.369 e. The van der Waals surface area contributed by atoms with Crippen molar-refractivity contribution in [1.82, 2.24) is 15.2 Å². The maximum Gasteiger partial charge on any atom is 0.251 e. The summed E-state index contributed by atoms with van der Waals surface area (Å²) in [6, 6.07) is 8.75. The average molecular weight is 388 g/mol. The molecular weight excluding hydrogens is 368 g/mol. The molecule has 0 saturated carbocycles. The van der Waals surface area contributed by atoms with Gasteiger partial charge in [-0.05, 0) is 5.56 Å². The lowest BCUT2D eigenvalue weighted by atomic mass is 10.1. The SMILES string of the molecule is CNC(=O)Cc1csc(NC(=O)[C@@H]2COCC(=O)N2Cc2ccccc2)n1. The number of likely N-dealkylation sites (N-methyl/N-ethyl adjacent to an activating group) is 1. The number of benzene rings is 1. The van der Waals surface area contributed by atoms with Gasteiger partial charge in [-0.25, -0.2) is 4.98 Å². The van der Waals surface area contributed by atoms with Gasteiger partial charge in [-0.2, -0.15) is 0 Å². The van der Waals surface area contributed by atoms with Crippen molar-refractivity contribution in [3.8, 4) is 0 Å². The Hall–Kier alpha value is -2.78. The summed E-state index contributed by atoms with van der Waals surface area (Å²) in [6.45, 7) is 0.423. The maximum absolute atomic E-state index is 12.7. The van der Waals surface area contributed by atoms with Crippen LogP contribution >= 0.6 is 11.3 Å². The van der Waals surface area contributed by atoms with E-state index in [9.17, 15) is 14.4 Å². The Kier molecular flexibility index (Phi) is 6.15. The smallest absolute Gasteiger partial charge is 0.251 e. The fourth-order valence-electron chi connectivity index (χ4n) is 2.69. The third-order valence-corrected chi connectivity index (χ3v) is 4.91. The predicted molar refractivity (Wildman–Crippen MR) is 100 cm³/mol. The summed E-state index contributed by atoms with van der Waals surface area (Å²) in [5, 5.41) is 7.35. The summed E-state index contributed by atoms with van der Waals surface area (Å²) in [5.74, 6) is -0.747. The predicted octanol–water partition coefficient (Wildman–Crippen LogP) is 0.798. The molecule has 1 aromatic heterocycles. The minimum absolute atomic E-state index is 0.0376. The van der Waals surface area contributed by atoms with Crippen LogP contribution in [0.25, 0.3) is 0 Å². The number of morpholine rings is 1. The van der Waals surface area contributed by atoms with Gasteiger partial charge in [-0.15, -0.1) is 11.3 Å². The zero-order chi connectivity index (χ0) is 19.2. The van der Waals surface area contributed by atoms with E-state index >= 15 is 0 Å². The Labute approximate surface area is 160 Å². The van der Waals surface area contributed by atoms with Crippen molar-refractivity contribution in [2.45, 2.75) is 19.0 Å². The number of hydrogen-bond donors (Lipinski definition) is 2. The summed E-state index contributed by atoms with van der Waals surface area (Å²) < 4.78 is 5.27. The Morgan fingerprint density at radius 1 is 1.33 bits per heavy atom. The fraction of sp³-hybridized carbons (Fsp3) is 0.333. The van der Waals surface area contributed by atoms with Crippen LogP contribution in [-0.2, 0) is 32.1 Å². The van der Waals surface area contributed by atoms with E-state index in [1.807, 2.05) is 30.3 Å². The summed E-state index contributed by atoms with van der Waals surface area (Å²) >= 11 is 1.23. The van der Waals surface area contributed by atoms with Gasteiger partial charge < -0.3 is 20.3 Å². The highest BCUT2D eigenvalue weighted by Crippen LogP contribution is 2.19. The van der Waals surface area contributed by atoms with Crippen molar-refractivity contribution in [2.75, 3.05) is 25.6 Å².